The Labute approximate surface area is 157 Å². The van der Waals surface area contributed by atoms with Gasteiger partial charge in [-0.2, -0.15) is 0 Å². The maximum Gasteiger partial charge on any atom is 0.266 e. The maximum atomic E-state index is 14.1. The molecule has 0 bridgehead atoms. The van der Waals surface area contributed by atoms with Crippen molar-refractivity contribution in [1.82, 2.24) is 4.98 Å². The first-order chi connectivity index (χ1) is 12.8. The van der Waals surface area contributed by atoms with Crippen LogP contribution in [0.1, 0.15) is 18.5 Å². The molecular weight excluding hydrogens is 399 g/mol. The molecule has 0 amide bonds. The van der Waals surface area contributed by atoms with Crippen LogP contribution in [0.3, 0.4) is 0 Å². The lowest BCUT2D eigenvalue weighted by molar-refractivity contribution is 0.569. The van der Waals surface area contributed by atoms with Crippen molar-refractivity contribution < 1.29 is 21.6 Å². The van der Waals surface area contributed by atoms with Crippen molar-refractivity contribution in [2.45, 2.75) is 17.9 Å². The average Bonchev–Trinajstić information content (AvgIpc) is 3.10. The van der Waals surface area contributed by atoms with E-state index in [2.05, 4.69) is 15.0 Å². The van der Waals surface area contributed by atoms with Crippen molar-refractivity contribution in [2.75, 3.05) is 10.0 Å². The Balaban J connectivity index is 1.88. The van der Waals surface area contributed by atoms with Gasteiger partial charge >= 0.3 is 0 Å². The van der Waals surface area contributed by atoms with Crippen LogP contribution in [-0.2, 0) is 10.0 Å². The minimum atomic E-state index is -4.20. The van der Waals surface area contributed by atoms with Gasteiger partial charge in [0.15, 0.2) is 5.13 Å². The standard InChI is InChI=1S/C17H14F3N3O2S2/c1-10(13-8-11(18)2-4-14(13)19)22-12-3-5-15(20)16(9-12)27(24,25)23-17-21-6-7-26-17/h2-10,22H,1H3,(H,21,23)/t10-/m0/s1. The van der Waals surface area contributed by atoms with Crippen LogP contribution in [0, 0.1) is 17.5 Å². The van der Waals surface area contributed by atoms with Gasteiger partial charge in [-0.1, -0.05) is 0 Å². The lowest BCUT2D eigenvalue weighted by atomic mass is 10.1. The Morgan fingerprint density at radius 1 is 1.07 bits per heavy atom. The predicted octanol–water partition coefficient (Wildman–Crippen LogP) is 4.53. The summed E-state index contributed by atoms with van der Waals surface area (Å²) in [6.07, 6.45) is 1.41. The minimum absolute atomic E-state index is 0.0599. The third-order valence-corrected chi connectivity index (χ3v) is 5.85. The highest BCUT2D eigenvalue weighted by molar-refractivity contribution is 7.93. The van der Waals surface area contributed by atoms with E-state index in [1.807, 2.05) is 0 Å². The SMILES string of the molecule is C[C@H](Nc1ccc(F)c(S(=O)(=O)Nc2nccs2)c1)c1cc(F)ccc1F. The van der Waals surface area contributed by atoms with Crippen LogP contribution in [0.25, 0.3) is 0 Å². The quantitative estimate of drug-likeness (QED) is 0.623. The van der Waals surface area contributed by atoms with E-state index in [-0.39, 0.29) is 16.4 Å². The molecule has 3 aromatic rings. The summed E-state index contributed by atoms with van der Waals surface area (Å²) in [7, 11) is -4.20. The Morgan fingerprint density at radius 2 is 1.81 bits per heavy atom. The van der Waals surface area contributed by atoms with Gasteiger partial charge in [-0.05, 0) is 43.3 Å². The summed E-state index contributed by atoms with van der Waals surface area (Å²) in [4.78, 5) is 3.21. The van der Waals surface area contributed by atoms with Crippen LogP contribution >= 0.6 is 11.3 Å². The van der Waals surface area contributed by atoms with Gasteiger partial charge in [0.05, 0.1) is 6.04 Å². The summed E-state index contributed by atoms with van der Waals surface area (Å²) in [5.74, 6) is -2.17. The first kappa shape index (κ1) is 19.2. The Kier molecular flexibility index (Phi) is 5.38. The summed E-state index contributed by atoms with van der Waals surface area (Å²) in [6.45, 7) is 1.57. The van der Waals surface area contributed by atoms with Crippen LogP contribution in [0.4, 0.5) is 24.0 Å². The Hall–Kier alpha value is -2.59. The molecule has 1 heterocycles. The molecule has 3 rings (SSSR count). The van der Waals surface area contributed by atoms with Gasteiger partial charge in [-0.25, -0.2) is 26.6 Å². The molecule has 27 heavy (non-hydrogen) atoms. The Morgan fingerprint density at radius 3 is 2.52 bits per heavy atom. The van der Waals surface area contributed by atoms with Crippen molar-refractivity contribution in [3.8, 4) is 0 Å². The van der Waals surface area contributed by atoms with Gasteiger partial charge in [0.2, 0.25) is 0 Å². The van der Waals surface area contributed by atoms with E-state index in [4.69, 9.17) is 0 Å². The number of aromatic nitrogens is 1. The summed E-state index contributed by atoms with van der Waals surface area (Å²) in [5, 5.41) is 4.52. The molecule has 0 saturated carbocycles. The number of thiazole rings is 1. The molecule has 0 aliphatic rings. The summed E-state index contributed by atoms with van der Waals surface area (Å²) < 4.78 is 68.3. The second kappa shape index (κ2) is 7.57. The molecule has 0 fully saturated rings. The van der Waals surface area contributed by atoms with E-state index in [1.54, 1.807) is 12.3 Å². The molecule has 0 aliphatic carbocycles. The summed E-state index contributed by atoms with van der Waals surface area (Å²) in [6, 6.07) is 5.73. The first-order valence-electron chi connectivity index (χ1n) is 7.69. The van der Waals surface area contributed by atoms with E-state index >= 15 is 0 Å². The number of nitrogens with one attached hydrogen (secondary N) is 2. The highest BCUT2D eigenvalue weighted by Crippen LogP contribution is 2.27. The highest BCUT2D eigenvalue weighted by atomic mass is 32.2. The monoisotopic (exact) mass is 413 g/mol. The zero-order valence-corrected chi connectivity index (χ0v) is 15.5. The van der Waals surface area contributed by atoms with Crippen molar-refractivity contribution in [3.63, 3.8) is 0 Å². The van der Waals surface area contributed by atoms with Gasteiger partial charge in [-0.3, -0.25) is 4.72 Å². The number of hydrogen-bond donors (Lipinski definition) is 2. The fourth-order valence-electron chi connectivity index (χ4n) is 2.42. The fourth-order valence-corrected chi connectivity index (χ4v) is 4.31. The van der Waals surface area contributed by atoms with E-state index in [0.29, 0.717) is 0 Å². The second-order valence-electron chi connectivity index (χ2n) is 5.62. The largest absolute Gasteiger partial charge is 0.378 e. The number of halogens is 3. The maximum absolute atomic E-state index is 14.1. The van der Waals surface area contributed by atoms with Crippen molar-refractivity contribution >= 4 is 32.2 Å². The summed E-state index contributed by atoms with van der Waals surface area (Å²) in [5.41, 5.74) is 0.289. The molecule has 0 spiro atoms. The van der Waals surface area contributed by atoms with Crippen molar-refractivity contribution in [2.24, 2.45) is 0 Å². The van der Waals surface area contributed by atoms with Crippen LogP contribution < -0.4 is 10.0 Å². The molecule has 0 unspecified atom stereocenters. The zero-order chi connectivity index (χ0) is 19.6. The number of hydrogen-bond acceptors (Lipinski definition) is 5. The van der Waals surface area contributed by atoms with E-state index in [0.717, 1.165) is 41.7 Å². The van der Waals surface area contributed by atoms with Crippen molar-refractivity contribution in [1.29, 1.82) is 0 Å². The molecule has 0 saturated heterocycles. The number of sulfonamides is 1. The predicted molar refractivity (Wildman–Crippen MR) is 97.7 cm³/mol. The molecule has 2 aromatic carbocycles. The van der Waals surface area contributed by atoms with Crippen LogP contribution in [0.2, 0.25) is 0 Å². The third-order valence-electron chi connectivity index (χ3n) is 3.68. The molecule has 5 nitrogen and oxygen atoms in total. The summed E-state index contributed by atoms with van der Waals surface area (Å²) >= 11 is 1.05. The normalized spacial score (nSPS) is 12.6. The van der Waals surface area contributed by atoms with E-state index in [9.17, 15) is 21.6 Å². The number of rotatable bonds is 6. The van der Waals surface area contributed by atoms with Crippen LogP contribution in [-0.4, -0.2) is 13.4 Å². The molecule has 0 radical (unpaired) electrons. The molecule has 1 atom stereocenters. The molecule has 10 heteroatoms. The van der Waals surface area contributed by atoms with Gasteiger partial charge < -0.3 is 5.32 Å². The zero-order valence-electron chi connectivity index (χ0n) is 13.9. The number of nitrogens with zero attached hydrogens (tertiary/aromatic N) is 1. The second-order valence-corrected chi connectivity index (χ2v) is 8.17. The van der Waals surface area contributed by atoms with Gasteiger partial charge in [0, 0.05) is 22.8 Å². The van der Waals surface area contributed by atoms with Crippen LogP contribution in [0.5, 0.6) is 0 Å². The Bertz CT molecular complexity index is 1060. The van der Waals surface area contributed by atoms with Crippen molar-refractivity contribution in [3.05, 3.63) is 71.0 Å². The first-order valence-corrected chi connectivity index (χ1v) is 10.1. The molecule has 1 aromatic heterocycles. The van der Waals surface area contributed by atoms with Gasteiger partial charge in [-0.15, -0.1) is 11.3 Å². The minimum Gasteiger partial charge on any atom is -0.378 e. The smallest absolute Gasteiger partial charge is 0.266 e. The number of anilines is 2. The highest BCUT2D eigenvalue weighted by Gasteiger charge is 2.21. The van der Waals surface area contributed by atoms with Crippen LogP contribution in [0.15, 0.2) is 52.9 Å². The average molecular weight is 413 g/mol. The fraction of sp³-hybridized carbons (Fsp3) is 0.118. The van der Waals surface area contributed by atoms with E-state index < -0.39 is 38.4 Å². The lowest BCUT2D eigenvalue weighted by Gasteiger charge is -2.17. The topological polar surface area (TPSA) is 71.1 Å². The lowest BCUT2D eigenvalue weighted by Crippen LogP contribution is -2.15. The molecule has 2 N–H and O–H groups in total. The molecule has 142 valence electrons. The van der Waals surface area contributed by atoms with Gasteiger partial charge in [0.1, 0.15) is 22.3 Å². The molecule has 0 aliphatic heterocycles. The third kappa shape index (κ3) is 4.40. The van der Waals surface area contributed by atoms with Gasteiger partial charge in [0.25, 0.3) is 10.0 Å². The number of benzene rings is 2. The van der Waals surface area contributed by atoms with E-state index in [1.165, 1.54) is 12.3 Å². The molecular formula is C17H14F3N3O2S2.